The Labute approximate surface area is 227 Å². The lowest BCUT2D eigenvalue weighted by Crippen LogP contribution is -2.38. The van der Waals surface area contributed by atoms with Crippen LogP contribution in [0.15, 0.2) is 23.3 Å². The van der Waals surface area contributed by atoms with Crippen LogP contribution in [0.25, 0.3) is 0 Å². The van der Waals surface area contributed by atoms with Gasteiger partial charge in [-0.1, -0.05) is 13.8 Å². The van der Waals surface area contributed by atoms with Crippen LogP contribution in [0.5, 0.6) is 5.88 Å². The summed E-state index contributed by atoms with van der Waals surface area (Å²) >= 11 is 0. The normalized spacial score (nSPS) is 20.7. The number of piperidine rings is 2. The van der Waals surface area contributed by atoms with Gasteiger partial charge >= 0.3 is 6.03 Å². The molecule has 4 heterocycles. The highest BCUT2D eigenvalue weighted by molar-refractivity contribution is 5.93. The van der Waals surface area contributed by atoms with Gasteiger partial charge in [-0.15, -0.1) is 0 Å². The lowest BCUT2D eigenvalue weighted by atomic mass is 9.92. The minimum absolute atomic E-state index is 0.0955. The smallest absolute Gasteiger partial charge is 0.345 e. The molecule has 3 amide bonds. The average molecular weight is 530 g/mol. The van der Waals surface area contributed by atoms with Gasteiger partial charge in [-0.05, 0) is 64.0 Å². The third kappa shape index (κ3) is 9.78. The van der Waals surface area contributed by atoms with E-state index in [1.54, 1.807) is 0 Å². The predicted molar refractivity (Wildman–Crippen MR) is 152 cm³/mol. The second-order valence-electron chi connectivity index (χ2n) is 10.8. The first kappa shape index (κ1) is 29.7. The highest BCUT2D eigenvalue weighted by atomic mass is 16.5. The number of urea groups is 1. The van der Waals surface area contributed by atoms with E-state index < -0.39 is 0 Å². The molecular weight excluding hydrogens is 482 g/mol. The lowest BCUT2D eigenvalue weighted by Gasteiger charge is -2.30. The van der Waals surface area contributed by atoms with Gasteiger partial charge in [-0.3, -0.25) is 4.79 Å². The molecule has 1 aromatic rings. The minimum atomic E-state index is -0.196. The molecule has 212 valence electrons. The van der Waals surface area contributed by atoms with E-state index >= 15 is 0 Å². The van der Waals surface area contributed by atoms with Gasteiger partial charge in [0.1, 0.15) is 5.84 Å². The second kappa shape index (κ2) is 15.5. The van der Waals surface area contributed by atoms with Crippen LogP contribution in [-0.2, 0) is 4.79 Å². The van der Waals surface area contributed by atoms with E-state index in [-0.39, 0.29) is 17.9 Å². The summed E-state index contributed by atoms with van der Waals surface area (Å²) in [7, 11) is 2.02. The van der Waals surface area contributed by atoms with Gasteiger partial charge in [0.05, 0.1) is 18.5 Å². The Hall–Kier alpha value is -2.88. The lowest BCUT2D eigenvalue weighted by molar-refractivity contribution is -0.122. The third-order valence-corrected chi connectivity index (χ3v) is 7.54. The Morgan fingerprint density at radius 3 is 2.58 bits per heavy atom. The fourth-order valence-corrected chi connectivity index (χ4v) is 4.87. The fourth-order valence-electron chi connectivity index (χ4n) is 4.87. The molecule has 3 saturated heterocycles. The Bertz CT molecular complexity index is 890. The number of nitrogens with two attached hydrogens (primary N) is 1. The van der Waals surface area contributed by atoms with Crippen LogP contribution in [-0.4, -0.2) is 80.1 Å². The van der Waals surface area contributed by atoms with E-state index in [4.69, 9.17) is 10.5 Å². The first-order valence-electron chi connectivity index (χ1n) is 14.3. The van der Waals surface area contributed by atoms with Crippen LogP contribution in [0.4, 0.5) is 10.5 Å². The Morgan fingerprint density at radius 1 is 1.24 bits per heavy atom. The number of carbonyl (C=O) groups excluding carboxylic acids is 2. The van der Waals surface area contributed by atoms with Crippen molar-refractivity contribution in [2.45, 2.75) is 71.3 Å². The number of likely N-dealkylation sites (tertiary alicyclic amines) is 1. The molecule has 3 fully saturated rings. The molecule has 0 bridgehead atoms. The molecule has 0 aliphatic carbocycles. The first-order chi connectivity index (χ1) is 18.4. The van der Waals surface area contributed by atoms with Crippen LogP contribution >= 0.6 is 0 Å². The summed E-state index contributed by atoms with van der Waals surface area (Å²) in [6.45, 7) is 9.05. The van der Waals surface area contributed by atoms with Gasteiger partial charge in [0.25, 0.3) is 0 Å². The molecule has 3 aliphatic rings. The maximum Gasteiger partial charge on any atom is 0.345 e. The number of aliphatic imine (C=N–C) groups is 1. The topological polar surface area (TPSA) is 125 Å². The number of rotatable bonds is 8. The molecule has 10 heteroatoms. The molecule has 1 unspecified atom stereocenters. The monoisotopic (exact) mass is 529 g/mol. The Kier molecular flexibility index (Phi) is 12.1. The zero-order chi connectivity index (χ0) is 27.3. The fraction of sp³-hybridized carbons (Fsp3) is 0.714. The molecule has 1 atom stereocenters. The number of ether oxygens (including phenoxy) is 1. The van der Waals surface area contributed by atoms with Crippen molar-refractivity contribution >= 4 is 23.5 Å². The maximum absolute atomic E-state index is 12.2. The number of carbonyl (C=O) groups is 2. The van der Waals surface area contributed by atoms with Crippen LogP contribution in [0, 0.1) is 11.8 Å². The third-order valence-electron chi connectivity index (χ3n) is 7.54. The van der Waals surface area contributed by atoms with Crippen molar-refractivity contribution in [1.82, 2.24) is 20.5 Å². The Balaban J connectivity index is 0.000000494. The molecule has 3 aliphatic heterocycles. The second-order valence-corrected chi connectivity index (χ2v) is 10.8. The number of amidine groups is 1. The SMILES string of the molecule is CNC1CCN(c2ccc(OCCCC3CCN(C(=O)/N=C(\N)C(C)C)CC3)nc2)C1.O=C1CCCCN1. The number of pyridine rings is 1. The van der Waals surface area contributed by atoms with Gasteiger partial charge in [-0.25, -0.2) is 9.78 Å². The minimum Gasteiger partial charge on any atom is -0.478 e. The van der Waals surface area contributed by atoms with Crippen LogP contribution in [0.3, 0.4) is 0 Å². The summed E-state index contributed by atoms with van der Waals surface area (Å²) in [5.74, 6) is 2.04. The molecule has 0 aromatic carbocycles. The highest BCUT2D eigenvalue weighted by Gasteiger charge is 2.23. The van der Waals surface area contributed by atoms with Crippen molar-refractivity contribution in [3.05, 3.63) is 18.3 Å². The van der Waals surface area contributed by atoms with E-state index in [2.05, 4.69) is 31.6 Å². The summed E-state index contributed by atoms with van der Waals surface area (Å²) in [6.07, 6.45) is 10.2. The molecule has 4 N–H and O–H groups in total. The summed E-state index contributed by atoms with van der Waals surface area (Å²) < 4.78 is 5.84. The average Bonchev–Trinajstić information content (AvgIpc) is 3.42. The zero-order valence-electron chi connectivity index (χ0n) is 23.5. The van der Waals surface area contributed by atoms with Crippen molar-refractivity contribution in [2.24, 2.45) is 22.6 Å². The number of aromatic nitrogens is 1. The van der Waals surface area contributed by atoms with E-state index in [1.165, 1.54) is 6.42 Å². The number of nitrogens with one attached hydrogen (secondary N) is 2. The number of anilines is 1. The van der Waals surface area contributed by atoms with E-state index in [0.717, 1.165) is 83.4 Å². The van der Waals surface area contributed by atoms with Crippen molar-refractivity contribution in [2.75, 3.05) is 51.3 Å². The molecule has 10 nitrogen and oxygen atoms in total. The molecule has 38 heavy (non-hydrogen) atoms. The predicted octanol–water partition coefficient (Wildman–Crippen LogP) is 3.17. The van der Waals surface area contributed by atoms with E-state index in [1.807, 2.05) is 38.1 Å². The first-order valence-corrected chi connectivity index (χ1v) is 14.3. The zero-order valence-corrected chi connectivity index (χ0v) is 23.5. The summed E-state index contributed by atoms with van der Waals surface area (Å²) in [6, 6.07) is 4.43. The van der Waals surface area contributed by atoms with Crippen molar-refractivity contribution in [3.8, 4) is 5.88 Å². The molecule has 0 radical (unpaired) electrons. The molecule has 1 aromatic heterocycles. The number of amides is 3. The number of hydrogen-bond donors (Lipinski definition) is 3. The molecule has 4 rings (SSSR count). The van der Waals surface area contributed by atoms with Gasteiger partial charge < -0.3 is 30.9 Å². The summed E-state index contributed by atoms with van der Waals surface area (Å²) in [5.41, 5.74) is 6.97. The maximum atomic E-state index is 12.2. The number of nitrogens with zero attached hydrogens (tertiary/aromatic N) is 4. The van der Waals surface area contributed by atoms with E-state index in [9.17, 15) is 9.59 Å². The van der Waals surface area contributed by atoms with Crippen LogP contribution in [0.2, 0.25) is 0 Å². The standard InChI is InChI=1S/C23H38N6O2.C5H9NO/c1-17(2)22(24)27-23(30)28-11-8-18(9-12-28)5-4-14-31-21-7-6-20(15-26-21)29-13-10-19(16-29)25-3;7-5-3-1-2-4-6-5/h6-7,15,17-19,25H,4-5,8-14,16H2,1-3H3,(H2,24,27,30);1-4H2,(H,6,7). The highest BCUT2D eigenvalue weighted by Crippen LogP contribution is 2.24. The summed E-state index contributed by atoms with van der Waals surface area (Å²) in [5, 5.41) is 6.08. The van der Waals surface area contributed by atoms with Crippen molar-refractivity contribution in [1.29, 1.82) is 0 Å². The van der Waals surface area contributed by atoms with Gasteiger partial charge in [-0.2, -0.15) is 4.99 Å². The van der Waals surface area contributed by atoms with Gasteiger partial charge in [0, 0.05) is 57.2 Å². The van der Waals surface area contributed by atoms with Crippen molar-refractivity contribution < 1.29 is 14.3 Å². The molecular formula is C28H47N7O3. The van der Waals surface area contributed by atoms with Gasteiger partial charge in [0.15, 0.2) is 0 Å². The Morgan fingerprint density at radius 2 is 2.03 bits per heavy atom. The molecule has 0 saturated carbocycles. The quantitative estimate of drug-likeness (QED) is 0.268. The largest absolute Gasteiger partial charge is 0.478 e. The van der Waals surface area contributed by atoms with Crippen LogP contribution < -0.4 is 26.0 Å². The number of likely N-dealkylation sites (N-methyl/N-ethyl adjacent to an activating group) is 1. The van der Waals surface area contributed by atoms with Crippen LogP contribution in [0.1, 0.15) is 65.2 Å². The summed E-state index contributed by atoms with van der Waals surface area (Å²) in [4.78, 5) is 35.2. The number of hydrogen-bond acceptors (Lipinski definition) is 6. The molecule has 0 spiro atoms. The van der Waals surface area contributed by atoms with Crippen molar-refractivity contribution in [3.63, 3.8) is 0 Å². The van der Waals surface area contributed by atoms with E-state index in [0.29, 0.717) is 30.3 Å². The van der Waals surface area contributed by atoms with Gasteiger partial charge in [0.2, 0.25) is 11.8 Å².